The molecule has 1 aromatic rings. The maximum Gasteiger partial charge on any atom is 0.347 e. The number of esters is 2. The summed E-state index contributed by atoms with van der Waals surface area (Å²) >= 11 is 0. The van der Waals surface area contributed by atoms with Gasteiger partial charge in [-0.2, -0.15) is 0 Å². The first-order valence-corrected chi connectivity index (χ1v) is 5.95. The molecule has 7 nitrogen and oxygen atoms in total. The summed E-state index contributed by atoms with van der Waals surface area (Å²) in [5.74, 6) is -1.33. The molecule has 0 unspecified atom stereocenters. The largest absolute Gasteiger partial charge is 0.484 e. The average molecular weight is 279 g/mol. The van der Waals surface area contributed by atoms with Gasteiger partial charge in [0, 0.05) is 6.42 Å². The highest BCUT2D eigenvalue weighted by Gasteiger charge is 2.30. The number of hydrogen-bond acceptors (Lipinski definition) is 6. The van der Waals surface area contributed by atoms with Gasteiger partial charge in [-0.05, 0) is 24.3 Å². The van der Waals surface area contributed by atoms with Gasteiger partial charge in [-0.15, -0.1) is 0 Å². The number of ether oxygens (including phenoxy) is 3. The average Bonchev–Trinajstić information content (AvgIpc) is 2.82. The van der Waals surface area contributed by atoms with Crippen LogP contribution in [0.15, 0.2) is 24.3 Å². The summed E-state index contributed by atoms with van der Waals surface area (Å²) in [7, 11) is 0. The van der Waals surface area contributed by atoms with Gasteiger partial charge in [0.05, 0.1) is 12.2 Å². The summed E-state index contributed by atoms with van der Waals surface area (Å²) in [5.41, 5.74) is 5.22. The second-order valence-electron chi connectivity index (χ2n) is 4.13. The van der Waals surface area contributed by atoms with Crippen LogP contribution < -0.4 is 10.5 Å². The van der Waals surface area contributed by atoms with Crippen molar-refractivity contribution in [1.82, 2.24) is 0 Å². The maximum absolute atomic E-state index is 11.8. The zero-order chi connectivity index (χ0) is 14.5. The quantitative estimate of drug-likeness (QED) is 0.762. The van der Waals surface area contributed by atoms with Crippen molar-refractivity contribution >= 4 is 17.8 Å². The van der Waals surface area contributed by atoms with Crippen LogP contribution in [0, 0.1) is 0 Å². The first-order chi connectivity index (χ1) is 9.56. The zero-order valence-electron chi connectivity index (χ0n) is 10.5. The van der Waals surface area contributed by atoms with E-state index in [1.165, 1.54) is 24.3 Å². The Bertz CT molecular complexity index is 524. The molecule has 0 bridgehead atoms. The van der Waals surface area contributed by atoms with E-state index in [2.05, 4.69) is 0 Å². The Morgan fingerprint density at radius 3 is 2.55 bits per heavy atom. The highest BCUT2D eigenvalue weighted by molar-refractivity contribution is 5.91. The van der Waals surface area contributed by atoms with Gasteiger partial charge in [0.1, 0.15) is 5.75 Å². The Morgan fingerprint density at radius 1 is 1.30 bits per heavy atom. The van der Waals surface area contributed by atoms with Crippen LogP contribution in [0.2, 0.25) is 0 Å². The molecule has 1 aliphatic rings. The summed E-state index contributed by atoms with van der Waals surface area (Å²) < 4.78 is 14.8. The number of primary amides is 1. The minimum absolute atomic E-state index is 0.238. The second-order valence-corrected chi connectivity index (χ2v) is 4.13. The lowest BCUT2D eigenvalue weighted by atomic mass is 10.2. The molecule has 0 aliphatic carbocycles. The molecule has 7 heteroatoms. The maximum atomic E-state index is 11.8. The van der Waals surface area contributed by atoms with Crippen molar-refractivity contribution < 1.29 is 28.6 Å². The van der Waals surface area contributed by atoms with Crippen LogP contribution in [-0.4, -0.2) is 37.2 Å². The molecule has 106 valence electrons. The van der Waals surface area contributed by atoms with Crippen LogP contribution in [0.3, 0.4) is 0 Å². The third kappa shape index (κ3) is 3.47. The molecule has 20 heavy (non-hydrogen) atoms. The molecule has 1 fully saturated rings. The molecule has 1 saturated heterocycles. The summed E-state index contributed by atoms with van der Waals surface area (Å²) in [6.45, 7) is 0.0222. The second kappa shape index (κ2) is 6.05. The van der Waals surface area contributed by atoms with E-state index >= 15 is 0 Å². The van der Waals surface area contributed by atoms with Gasteiger partial charge in [0.25, 0.3) is 5.91 Å². The minimum atomic E-state index is -0.840. The van der Waals surface area contributed by atoms with Crippen molar-refractivity contribution in [3.63, 3.8) is 0 Å². The fourth-order valence-corrected chi connectivity index (χ4v) is 1.62. The van der Waals surface area contributed by atoms with Gasteiger partial charge in [-0.1, -0.05) is 0 Å². The first-order valence-electron chi connectivity index (χ1n) is 5.95. The Balaban J connectivity index is 1.93. The number of rotatable bonds is 5. The predicted molar refractivity (Wildman–Crippen MR) is 65.9 cm³/mol. The third-order valence-corrected chi connectivity index (χ3v) is 2.61. The molecule has 2 N–H and O–H groups in total. The lowest BCUT2D eigenvalue weighted by Gasteiger charge is -2.09. The van der Waals surface area contributed by atoms with E-state index < -0.39 is 23.9 Å². The van der Waals surface area contributed by atoms with Crippen LogP contribution in [0.25, 0.3) is 0 Å². The van der Waals surface area contributed by atoms with Gasteiger partial charge in [0.2, 0.25) is 6.10 Å². The fourth-order valence-electron chi connectivity index (χ4n) is 1.62. The van der Waals surface area contributed by atoms with Crippen molar-refractivity contribution in [3.8, 4) is 5.75 Å². The number of carbonyl (C=O) groups is 3. The lowest BCUT2D eigenvalue weighted by molar-refractivity contribution is -0.145. The SMILES string of the molecule is NC(=O)COc1ccc(C(=O)O[C@H]2CCOC2=O)cc1. The van der Waals surface area contributed by atoms with Crippen LogP contribution in [-0.2, 0) is 19.1 Å². The smallest absolute Gasteiger partial charge is 0.347 e. The van der Waals surface area contributed by atoms with Crippen molar-refractivity contribution in [2.24, 2.45) is 5.73 Å². The molecule has 0 radical (unpaired) electrons. The van der Waals surface area contributed by atoms with Gasteiger partial charge >= 0.3 is 11.9 Å². The third-order valence-electron chi connectivity index (χ3n) is 2.61. The number of benzene rings is 1. The van der Waals surface area contributed by atoms with Crippen molar-refractivity contribution in [3.05, 3.63) is 29.8 Å². The highest BCUT2D eigenvalue weighted by Crippen LogP contribution is 2.16. The Kier molecular flexibility index (Phi) is 4.19. The minimum Gasteiger partial charge on any atom is -0.484 e. The van der Waals surface area contributed by atoms with E-state index in [1.54, 1.807) is 0 Å². The topological polar surface area (TPSA) is 105 Å². The summed E-state index contributed by atoms with van der Waals surface area (Å²) in [6, 6.07) is 5.96. The van der Waals surface area contributed by atoms with Crippen molar-refractivity contribution in [2.45, 2.75) is 12.5 Å². The Hall–Kier alpha value is -2.57. The van der Waals surface area contributed by atoms with E-state index in [9.17, 15) is 14.4 Å². The van der Waals surface area contributed by atoms with Gasteiger partial charge < -0.3 is 19.9 Å². The molecule has 0 spiro atoms. The highest BCUT2D eigenvalue weighted by atomic mass is 16.6. The van der Waals surface area contributed by atoms with Gasteiger partial charge in [-0.3, -0.25) is 4.79 Å². The van der Waals surface area contributed by atoms with Crippen LogP contribution in [0.1, 0.15) is 16.8 Å². The lowest BCUT2D eigenvalue weighted by Crippen LogP contribution is -2.22. The summed E-state index contributed by atoms with van der Waals surface area (Å²) in [5, 5.41) is 0. The van der Waals surface area contributed by atoms with Crippen LogP contribution in [0.5, 0.6) is 5.75 Å². The molecular formula is C13H13NO6. The van der Waals surface area contributed by atoms with E-state index in [-0.39, 0.29) is 18.8 Å². The standard InChI is InChI=1S/C13H13NO6/c14-11(15)7-19-9-3-1-8(2-4-9)12(16)20-10-5-6-18-13(10)17/h1-4,10H,5-7H2,(H2,14,15)/t10-/m0/s1. The van der Waals surface area contributed by atoms with Crippen molar-refractivity contribution in [2.75, 3.05) is 13.2 Å². The molecule has 1 atom stereocenters. The molecule has 0 aromatic heterocycles. The normalized spacial score (nSPS) is 17.4. The number of hydrogen-bond donors (Lipinski definition) is 1. The Labute approximate surface area is 114 Å². The van der Waals surface area contributed by atoms with E-state index in [4.69, 9.17) is 19.9 Å². The van der Waals surface area contributed by atoms with E-state index in [1.807, 2.05) is 0 Å². The van der Waals surface area contributed by atoms with Crippen LogP contribution >= 0.6 is 0 Å². The number of nitrogens with two attached hydrogens (primary N) is 1. The van der Waals surface area contributed by atoms with Gasteiger partial charge in [0.15, 0.2) is 6.61 Å². The summed E-state index contributed by atoms with van der Waals surface area (Å²) in [6.07, 6.45) is -0.474. The molecular weight excluding hydrogens is 266 g/mol. The van der Waals surface area contributed by atoms with E-state index in [0.29, 0.717) is 12.2 Å². The molecule has 0 saturated carbocycles. The predicted octanol–water partition coefficient (Wildman–Crippen LogP) is 0.0230. The molecule has 1 aromatic carbocycles. The molecule has 2 rings (SSSR count). The van der Waals surface area contributed by atoms with E-state index in [0.717, 1.165) is 0 Å². The monoisotopic (exact) mass is 279 g/mol. The summed E-state index contributed by atoms with van der Waals surface area (Å²) in [4.78, 5) is 33.5. The van der Waals surface area contributed by atoms with Gasteiger partial charge in [-0.25, -0.2) is 9.59 Å². The number of carbonyl (C=O) groups excluding carboxylic acids is 3. The Morgan fingerprint density at radius 2 is 2.00 bits per heavy atom. The molecule has 1 aliphatic heterocycles. The van der Waals surface area contributed by atoms with Crippen LogP contribution in [0.4, 0.5) is 0 Å². The number of cyclic esters (lactones) is 1. The van der Waals surface area contributed by atoms with Crippen molar-refractivity contribution in [1.29, 1.82) is 0 Å². The molecule has 1 amide bonds. The number of amides is 1. The fraction of sp³-hybridized carbons (Fsp3) is 0.308. The first kappa shape index (κ1) is 13.9. The zero-order valence-corrected chi connectivity index (χ0v) is 10.5. The molecule has 1 heterocycles.